The van der Waals surface area contributed by atoms with Crippen LogP contribution in [0.2, 0.25) is 0 Å². The van der Waals surface area contributed by atoms with Crippen LogP contribution in [0.5, 0.6) is 5.88 Å². The second-order valence-electron chi connectivity index (χ2n) is 5.66. The molecule has 0 aliphatic heterocycles. The van der Waals surface area contributed by atoms with Crippen molar-refractivity contribution in [2.75, 3.05) is 20.6 Å². The zero-order chi connectivity index (χ0) is 17.7. The molecule has 0 saturated carbocycles. The number of benzene rings is 1. The van der Waals surface area contributed by atoms with E-state index in [-0.39, 0.29) is 18.4 Å². The third kappa shape index (κ3) is 4.34. The van der Waals surface area contributed by atoms with Crippen LogP contribution in [0.1, 0.15) is 12.5 Å². The molecule has 0 fully saturated rings. The lowest BCUT2D eigenvalue weighted by molar-refractivity contribution is -0.133. The molecule has 0 aliphatic carbocycles. The number of hydrogen-bond acceptors (Lipinski definition) is 4. The smallest absolute Gasteiger partial charge is 0.261 e. The van der Waals surface area contributed by atoms with Crippen LogP contribution < -0.4 is 10.1 Å². The first kappa shape index (κ1) is 17.5. The van der Waals surface area contributed by atoms with Crippen LogP contribution in [-0.2, 0) is 9.59 Å². The third-order valence-electron chi connectivity index (χ3n) is 3.44. The Labute approximate surface area is 141 Å². The van der Waals surface area contributed by atoms with E-state index in [0.29, 0.717) is 5.88 Å². The minimum absolute atomic E-state index is 0.0586. The molecular weight excluding hydrogens is 308 g/mol. The molecule has 7 nitrogen and oxygen atoms in total. The number of carbonyl (C=O) groups is 2. The minimum atomic E-state index is -0.752. The molecular formula is C17H22N4O3. The summed E-state index contributed by atoms with van der Waals surface area (Å²) in [6, 6.07) is 9.63. The van der Waals surface area contributed by atoms with Crippen LogP contribution in [-0.4, -0.2) is 53.2 Å². The molecule has 0 radical (unpaired) electrons. The minimum Gasteiger partial charge on any atom is -0.463 e. The van der Waals surface area contributed by atoms with E-state index in [1.165, 1.54) is 4.90 Å². The van der Waals surface area contributed by atoms with Gasteiger partial charge >= 0.3 is 0 Å². The largest absolute Gasteiger partial charge is 0.463 e. The molecule has 1 atom stereocenters. The third-order valence-corrected chi connectivity index (χ3v) is 3.44. The predicted octanol–water partition coefficient (Wildman–Crippen LogP) is 1.15. The zero-order valence-corrected chi connectivity index (χ0v) is 14.3. The van der Waals surface area contributed by atoms with Gasteiger partial charge in [0.15, 0.2) is 6.10 Å². The average Bonchev–Trinajstić information content (AvgIpc) is 2.93. The van der Waals surface area contributed by atoms with Gasteiger partial charge in [-0.1, -0.05) is 18.2 Å². The van der Waals surface area contributed by atoms with E-state index >= 15 is 0 Å². The Morgan fingerprint density at radius 3 is 2.58 bits per heavy atom. The lowest BCUT2D eigenvalue weighted by Gasteiger charge is -2.15. The maximum absolute atomic E-state index is 12.0. The van der Waals surface area contributed by atoms with Crippen LogP contribution in [0.4, 0.5) is 0 Å². The van der Waals surface area contributed by atoms with Gasteiger partial charge in [0, 0.05) is 25.9 Å². The lowest BCUT2D eigenvalue weighted by atomic mass is 10.3. The number of aromatic nitrogens is 2. The van der Waals surface area contributed by atoms with Gasteiger partial charge in [-0.25, -0.2) is 4.68 Å². The van der Waals surface area contributed by atoms with Gasteiger partial charge in [-0.05, 0) is 26.0 Å². The van der Waals surface area contributed by atoms with Crippen molar-refractivity contribution in [3.63, 3.8) is 0 Å². The summed E-state index contributed by atoms with van der Waals surface area (Å²) in [6.07, 6.45) is 1.09. The molecule has 0 aliphatic rings. The number of amides is 2. The van der Waals surface area contributed by atoms with Crippen LogP contribution in [0.25, 0.3) is 5.69 Å². The van der Waals surface area contributed by atoms with Gasteiger partial charge in [0.2, 0.25) is 11.8 Å². The van der Waals surface area contributed by atoms with E-state index in [2.05, 4.69) is 10.4 Å². The van der Waals surface area contributed by atoms with E-state index in [9.17, 15) is 9.59 Å². The van der Waals surface area contributed by atoms with Crippen molar-refractivity contribution < 1.29 is 14.3 Å². The van der Waals surface area contributed by atoms with Crippen LogP contribution in [0.3, 0.4) is 0 Å². The fraction of sp³-hybridized carbons (Fsp3) is 0.353. The Morgan fingerprint density at radius 1 is 1.29 bits per heavy atom. The molecule has 2 aromatic rings. The molecule has 24 heavy (non-hydrogen) atoms. The molecule has 1 aromatic carbocycles. The topological polar surface area (TPSA) is 76.5 Å². The Hall–Kier alpha value is -2.83. The first-order valence-electron chi connectivity index (χ1n) is 7.64. The standard InChI is InChI=1S/C17H22N4O3/c1-12-11-21(14-8-6-5-7-9-14)19-17(12)24-13(2)16(23)18-10-15(22)20(3)4/h5-9,11,13H,10H2,1-4H3,(H,18,23)/t13-/m1/s1. The molecule has 0 saturated heterocycles. The van der Waals surface area contributed by atoms with Crippen LogP contribution in [0, 0.1) is 6.92 Å². The van der Waals surface area contributed by atoms with Crippen molar-refractivity contribution in [3.05, 3.63) is 42.1 Å². The Morgan fingerprint density at radius 2 is 1.96 bits per heavy atom. The first-order chi connectivity index (χ1) is 11.4. The summed E-state index contributed by atoms with van der Waals surface area (Å²) < 4.78 is 7.33. The van der Waals surface area contributed by atoms with Crippen molar-refractivity contribution in [1.29, 1.82) is 0 Å². The highest BCUT2D eigenvalue weighted by Gasteiger charge is 2.19. The number of para-hydroxylation sites is 1. The van der Waals surface area contributed by atoms with Crippen molar-refractivity contribution in [2.45, 2.75) is 20.0 Å². The average molecular weight is 330 g/mol. The van der Waals surface area contributed by atoms with E-state index in [1.807, 2.05) is 43.5 Å². The van der Waals surface area contributed by atoms with Gasteiger partial charge in [-0.2, -0.15) is 0 Å². The van der Waals surface area contributed by atoms with E-state index in [0.717, 1.165) is 11.3 Å². The highest BCUT2D eigenvalue weighted by molar-refractivity contribution is 5.86. The number of aryl methyl sites for hydroxylation is 1. The molecule has 2 amide bonds. The highest BCUT2D eigenvalue weighted by Crippen LogP contribution is 2.19. The summed E-state index contributed by atoms with van der Waals surface area (Å²) in [6.45, 7) is 3.43. The summed E-state index contributed by atoms with van der Waals surface area (Å²) in [5.74, 6) is -0.153. The number of rotatable bonds is 6. The quantitative estimate of drug-likeness (QED) is 0.862. The number of nitrogens with one attached hydrogen (secondary N) is 1. The maximum Gasteiger partial charge on any atom is 0.261 e. The van der Waals surface area contributed by atoms with Gasteiger partial charge in [0.1, 0.15) is 0 Å². The molecule has 1 heterocycles. The van der Waals surface area contributed by atoms with Gasteiger partial charge < -0.3 is 15.0 Å². The van der Waals surface area contributed by atoms with E-state index < -0.39 is 6.10 Å². The summed E-state index contributed by atoms with van der Waals surface area (Å²) in [5.41, 5.74) is 1.73. The molecule has 0 spiro atoms. The molecule has 1 aromatic heterocycles. The second-order valence-corrected chi connectivity index (χ2v) is 5.66. The number of hydrogen-bond donors (Lipinski definition) is 1. The number of likely N-dealkylation sites (N-methyl/N-ethyl adjacent to an activating group) is 1. The normalized spacial score (nSPS) is 11.7. The molecule has 2 rings (SSSR count). The summed E-state index contributed by atoms with van der Waals surface area (Å²) in [5, 5.41) is 6.92. The number of nitrogens with zero attached hydrogens (tertiary/aromatic N) is 3. The Kier molecular flexibility index (Phi) is 5.57. The van der Waals surface area contributed by atoms with Gasteiger partial charge in [0.25, 0.3) is 5.91 Å². The van der Waals surface area contributed by atoms with Crippen molar-refractivity contribution in [2.24, 2.45) is 0 Å². The highest BCUT2D eigenvalue weighted by atomic mass is 16.5. The number of ether oxygens (including phenoxy) is 1. The molecule has 0 unspecified atom stereocenters. The van der Waals surface area contributed by atoms with Crippen molar-refractivity contribution in [1.82, 2.24) is 20.0 Å². The van der Waals surface area contributed by atoms with Gasteiger partial charge in [-0.15, -0.1) is 5.10 Å². The Balaban J connectivity index is 1.99. The molecule has 128 valence electrons. The van der Waals surface area contributed by atoms with Crippen molar-refractivity contribution in [3.8, 4) is 11.6 Å². The molecule has 7 heteroatoms. The fourth-order valence-corrected chi connectivity index (χ4v) is 1.96. The first-order valence-corrected chi connectivity index (χ1v) is 7.64. The SMILES string of the molecule is Cc1cn(-c2ccccc2)nc1O[C@H](C)C(=O)NCC(=O)N(C)C. The maximum atomic E-state index is 12.0. The second kappa shape index (κ2) is 7.63. The predicted molar refractivity (Wildman–Crippen MR) is 90.1 cm³/mol. The van der Waals surface area contributed by atoms with Gasteiger partial charge in [-0.3, -0.25) is 9.59 Å². The van der Waals surface area contributed by atoms with Crippen LogP contribution in [0.15, 0.2) is 36.5 Å². The van der Waals surface area contributed by atoms with Gasteiger partial charge in [0.05, 0.1) is 12.2 Å². The van der Waals surface area contributed by atoms with Crippen LogP contribution >= 0.6 is 0 Å². The molecule has 1 N–H and O–H groups in total. The summed E-state index contributed by atoms with van der Waals surface area (Å²) >= 11 is 0. The summed E-state index contributed by atoms with van der Waals surface area (Å²) in [4.78, 5) is 24.9. The zero-order valence-electron chi connectivity index (χ0n) is 14.3. The summed E-state index contributed by atoms with van der Waals surface area (Å²) in [7, 11) is 3.27. The number of carbonyl (C=O) groups excluding carboxylic acids is 2. The van der Waals surface area contributed by atoms with E-state index in [4.69, 9.17) is 4.74 Å². The van der Waals surface area contributed by atoms with Crippen molar-refractivity contribution >= 4 is 11.8 Å². The van der Waals surface area contributed by atoms with E-state index in [1.54, 1.807) is 25.7 Å². The molecule has 0 bridgehead atoms. The Bertz CT molecular complexity index is 710. The monoisotopic (exact) mass is 330 g/mol. The lowest BCUT2D eigenvalue weighted by Crippen LogP contribution is -2.42. The fourth-order valence-electron chi connectivity index (χ4n) is 1.96.